The van der Waals surface area contributed by atoms with Crippen molar-refractivity contribution in [2.75, 3.05) is 17.2 Å². The van der Waals surface area contributed by atoms with Crippen LogP contribution in [0, 0.1) is 5.41 Å². The highest BCUT2D eigenvalue weighted by Gasteiger charge is 2.32. The Hall–Kier alpha value is -2.24. The van der Waals surface area contributed by atoms with E-state index >= 15 is 0 Å². The average molecular weight is 379 g/mol. The van der Waals surface area contributed by atoms with E-state index in [1.165, 1.54) is 6.07 Å². The lowest BCUT2D eigenvalue weighted by atomic mass is 9.94. The SMILES string of the molecule is CC1(C)COc2ccc(NC(=O)c3ccc(Cl)c(Cl)c3)cc2NC1=O. The monoisotopic (exact) mass is 378 g/mol. The van der Waals surface area contributed by atoms with Gasteiger partial charge in [-0.25, -0.2) is 0 Å². The van der Waals surface area contributed by atoms with Crippen LogP contribution < -0.4 is 15.4 Å². The summed E-state index contributed by atoms with van der Waals surface area (Å²) < 4.78 is 5.68. The van der Waals surface area contributed by atoms with Crippen LogP contribution in [0.2, 0.25) is 10.0 Å². The number of amides is 2. The van der Waals surface area contributed by atoms with Gasteiger partial charge in [0.1, 0.15) is 12.4 Å². The minimum absolute atomic E-state index is 0.140. The summed E-state index contributed by atoms with van der Waals surface area (Å²) in [5.41, 5.74) is 0.786. The van der Waals surface area contributed by atoms with Gasteiger partial charge in [0.05, 0.1) is 21.1 Å². The summed E-state index contributed by atoms with van der Waals surface area (Å²) >= 11 is 11.8. The highest BCUT2D eigenvalue weighted by molar-refractivity contribution is 6.42. The summed E-state index contributed by atoms with van der Waals surface area (Å²) in [5, 5.41) is 6.28. The molecular weight excluding hydrogens is 363 g/mol. The lowest BCUT2D eigenvalue weighted by molar-refractivity contribution is -0.124. The summed E-state index contributed by atoms with van der Waals surface area (Å²) in [7, 11) is 0. The predicted molar refractivity (Wildman–Crippen MR) is 98.8 cm³/mol. The molecule has 0 unspecified atom stereocenters. The van der Waals surface area contributed by atoms with Crippen LogP contribution in [0.25, 0.3) is 0 Å². The minimum atomic E-state index is -0.636. The van der Waals surface area contributed by atoms with Gasteiger partial charge in [0.15, 0.2) is 0 Å². The molecule has 0 saturated heterocycles. The number of rotatable bonds is 2. The summed E-state index contributed by atoms with van der Waals surface area (Å²) in [6, 6.07) is 9.71. The number of carbonyl (C=O) groups is 2. The highest BCUT2D eigenvalue weighted by Crippen LogP contribution is 2.34. The first-order valence-corrected chi connectivity index (χ1v) is 8.36. The molecule has 0 aliphatic carbocycles. The third-order valence-electron chi connectivity index (χ3n) is 3.87. The maximum atomic E-state index is 12.3. The van der Waals surface area contributed by atoms with E-state index in [-0.39, 0.29) is 18.4 Å². The number of anilines is 2. The number of nitrogens with one attached hydrogen (secondary N) is 2. The molecule has 1 aliphatic heterocycles. The van der Waals surface area contributed by atoms with Crippen molar-refractivity contribution >= 4 is 46.4 Å². The van der Waals surface area contributed by atoms with E-state index < -0.39 is 5.41 Å². The van der Waals surface area contributed by atoms with Crippen LogP contribution >= 0.6 is 23.2 Å². The van der Waals surface area contributed by atoms with Crippen molar-refractivity contribution in [3.8, 4) is 5.75 Å². The third kappa shape index (κ3) is 3.72. The molecule has 2 amide bonds. The molecule has 7 heteroatoms. The second-order valence-corrected chi connectivity index (χ2v) is 7.24. The van der Waals surface area contributed by atoms with Gasteiger partial charge >= 0.3 is 0 Å². The molecule has 0 spiro atoms. The fourth-order valence-corrected chi connectivity index (χ4v) is 2.59. The smallest absolute Gasteiger partial charge is 0.255 e. The van der Waals surface area contributed by atoms with Gasteiger partial charge in [0.2, 0.25) is 5.91 Å². The molecule has 0 aromatic heterocycles. The highest BCUT2D eigenvalue weighted by atomic mass is 35.5. The molecule has 2 N–H and O–H groups in total. The Morgan fingerprint density at radius 1 is 1.16 bits per heavy atom. The number of carbonyl (C=O) groups excluding carboxylic acids is 2. The Bertz CT molecular complexity index is 865. The molecule has 1 heterocycles. The minimum Gasteiger partial charge on any atom is -0.490 e. The van der Waals surface area contributed by atoms with Gasteiger partial charge in [-0.1, -0.05) is 23.2 Å². The van der Waals surface area contributed by atoms with Gasteiger partial charge in [0, 0.05) is 11.3 Å². The van der Waals surface area contributed by atoms with Crippen molar-refractivity contribution < 1.29 is 14.3 Å². The van der Waals surface area contributed by atoms with E-state index in [0.717, 1.165) is 0 Å². The molecule has 3 rings (SSSR count). The lowest BCUT2D eigenvalue weighted by Gasteiger charge is -2.18. The van der Waals surface area contributed by atoms with Gasteiger partial charge < -0.3 is 15.4 Å². The molecule has 5 nitrogen and oxygen atoms in total. The van der Waals surface area contributed by atoms with Crippen LogP contribution in [0.15, 0.2) is 36.4 Å². The standard InChI is InChI=1S/C18H16Cl2N2O3/c1-18(2)9-25-15-6-4-11(8-14(15)22-17(18)24)21-16(23)10-3-5-12(19)13(20)7-10/h3-8H,9H2,1-2H3,(H,21,23)(H,22,24). The maximum absolute atomic E-state index is 12.3. The van der Waals surface area contributed by atoms with Crippen LogP contribution in [0.4, 0.5) is 11.4 Å². The van der Waals surface area contributed by atoms with Gasteiger partial charge in [-0.05, 0) is 50.2 Å². The topological polar surface area (TPSA) is 67.4 Å². The summed E-state index contributed by atoms with van der Waals surface area (Å²) in [5.74, 6) is 0.0883. The number of fused-ring (bicyclic) bond motifs is 1. The number of hydrogen-bond acceptors (Lipinski definition) is 3. The molecule has 0 bridgehead atoms. The fraction of sp³-hybridized carbons (Fsp3) is 0.222. The molecular formula is C18H16Cl2N2O3. The van der Waals surface area contributed by atoms with E-state index in [2.05, 4.69) is 10.6 Å². The maximum Gasteiger partial charge on any atom is 0.255 e. The molecule has 25 heavy (non-hydrogen) atoms. The van der Waals surface area contributed by atoms with E-state index in [4.69, 9.17) is 27.9 Å². The van der Waals surface area contributed by atoms with E-state index in [9.17, 15) is 9.59 Å². The van der Waals surface area contributed by atoms with E-state index in [0.29, 0.717) is 32.7 Å². The van der Waals surface area contributed by atoms with Crippen molar-refractivity contribution in [3.05, 3.63) is 52.0 Å². The first-order chi connectivity index (χ1) is 11.8. The summed E-state index contributed by atoms with van der Waals surface area (Å²) in [4.78, 5) is 24.6. The Labute approximate surface area is 155 Å². The van der Waals surface area contributed by atoms with Crippen LogP contribution in [0.5, 0.6) is 5.75 Å². The largest absolute Gasteiger partial charge is 0.490 e. The van der Waals surface area contributed by atoms with Gasteiger partial charge in [0.25, 0.3) is 5.91 Å². The van der Waals surface area contributed by atoms with E-state index in [1.807, 2.05) is 0 Å². The van der Waals surface area contributed by atoms with Crippen molar-refractivity contribution in [2.24, 2.45) is 5.41 Å². The number of halogens is 2. The second-order valence-electron chi connectivity index (χ2n) is 6.42. The Kier molecular flexibility index (Phi) is 4.62. The average Bonchev–Trinajstić information content (AvgIpc) is 2.66. The first-order valence-electron chi connectivity index (χ1n) is 7.61. The lowest BCUT2D eigenvalue weighted by Crippen LogP contribution is -2.33. The molecule has 2 aromatic rings. The Balaban J connectivity index is 1.82. The molecule has 2 aromatic carbocycles. The van der Waals surface area contributed by atoms with Crippen molar-refractivity contribution in [2.45, 2.75) is 13.8 Å². The second kappa shape index (κ2) is 6.58. The zero-order chi connectivity index (χ0) is 18.2. The van der Waals surface area contributed by atoms with Crippen LogP contribution in [0.3, 0.4) is 0 Å². The van der Waals surface area contributed by atoms with Gasteiger partial charge in [-0.15, -0.1) is 0 Å². The number of ether oxygens (including phenoxy) is 1. The number of hydrogen-bond donors (Lipinski definition) is 2. The zero-order valence-electron chi connectivity index (χ0n) is 13.7. The van der Waals surface area contributed by atoms with Crippen molar-refractivity contribution in [1.29, 1.82) is 0 Å². The molecule has 0 fully saturated rings. The summed E-state index contributed by atoms with van der Waals surface area (Å²) in [6.07, 6.45) is 0. The zero-order valence-corrected chi connectivity index (χ0v) is 15.2. The fourth-order valence-electron chi connectivity index (χ4n) is 2.29. The van der Waals surface area contributed by atoms with E-state index in [1.54, 1.807) is 44.2 Å². The Morgan fingerprint density at radius 3 is 2.64 bits per heavy atom. The molecule has 1 aliphatic rings. The molecule has 0 saturated carbocycles. The number of benzene rings is 2. The van der Waals surface area contributed by atoms with Crippen LogP contribution in [-0.4, -0.2) is 18.4 Å². The van der Waals surface area contributed by atoms with Crippen LogP contribution in [0.1, 0.15) is 24.2 Å². The quantitative estimate of drug-likeness (QED) is 0.801. The normalized spacial score (nSPS) is 15.4. The predicted octanol–water partition coefficient (Wildman–Crippen LogP) is 4.60. The summed E-state index contributed by atoms with van der Waals surface area (Å²) in [6.45, 7) is 3.89. The van der Waals surface area contributed by atoms with Crippen molar-refractivity contribution in [3.63, 3.8) is 0 Å². The van der Waals surface area contributed by atoms with Crippen molar-refractivity contribution in [1.82, 2.24) is 0 Å². The van der Waals surface area contributed by atoms with Gasteiger partial charge in [-0.2, -0.15) is 0 Å². The molecule has 130 valence electrons. The van der Waals surface area contributed by atoms with Gasteiger partial charge in [-0.3, -0.25) is 9.59 Å². The first kappa shape index (κ1) is 17.6. The third-order valence-corrected chi connectivity index (χ3v) is 4.61. The molecule has 0 radical (unpaired) electrons. The molecule has 0 atom stereocenters. The van der Waals surface area contributed by atoms with Crippen LogP contribution in [-0.2, 0) is 4.79 Å². The Morgan fingerprint density at radius 2 is 1.92 bits per heavy atom.